The smallest absolute Gasteiger partial charge is 0.410 e. The van der Waals surface area contributed by atoms with Gasteiger partial charge in [0, 0.05) is 54.8 Å². The molecule has 2 aliphatic rings. The maximum Gasteiger partial charge on any atom is 0.410 e. The van der Waals surface area contributed by atoms with Crippen LogP contribution in [0.2, 0.25) is 0 Å². The zero-order valence-corrected chi connectivity index (χ0v) is 33.8. The van der Waals surface area contributed by atoms with Gasteiger partial charge in [0.2, 0.25) is 5.82 Å². The van der Waals surface area contributed by atoms with Crippen LogP contribution < -0.4 is 39.3 Å². The Bertz CT molecular complexity index is 1990. The highest BCUT2D eigenvalue weighted by Gasteiger charge is 2.40. The lowest BCUT2D eigenvalue weighted by molar-refractivity contribution is -0.919. The van der Waals surface area contributed by atoms with Crippen LogP contribution in [0.25, 0.3) is 16.9 Å². The Balaban J connectivity index is 0.00000580. The molecule has 2 saturated heterocycles. The number of benzene rings is 2. The van der Waals surface area contributed by atoms with Crippen molar-refractivity contribution >= 4 is 29.2 Å². The fourth-order valence-corrected chi connectivity index (χ4v) is 7.43. The molecule has 2 amide bonds. The topological polar surface area (TPSA) is 110 Å². The van der Waals surface area contributed by atoms with Gasteiger partial charge in [-0.3, -0.25) is 9.20 Å². The molecule has 0 atom stereocenters. The number of likely N-dealkylation sites (tertiary alicyclic amines) is 2. The van der Waals surface area contributed by atoms with Gasteiger partial charge in [-0.25, -0.2) is 19.2 Å². The van der Waals surface area contributed by atoms with Crippen molar-refractivity contribution in [3.8, 4) is 17.0 Å². The van der Waals surface area contributed by atoms with E-state index in [-0.39, 0.29) is 47.2 Å². The number of rotatable bonds is 12. The average molecular weight is 882 g/mol. The molecule has 0 radical (unpaired) electrons. The second-order valence-electron chi connectivity index (χ2n) is 15.6. The lowest BCUT2D eigenvalue weighted by Gasteiger charge is -2.47. The van der Waals surface area contributed by atoms with Gasteiger partial charge in [-0.15, -0.1) is 0 Å². The highest BCUT2D eigenvalue weighted by atomic mass is 127. The molecule has 0 spiro atoms. The Kier molecular flexibility index (Phi) is 13.2. The second-order valence-corrected chi connectivity index (χ2v) is 15.6. The van der Waals surface area contributed by atoms with Gasteiger partial charge in [-0.2, -0.15) is 13.2 Å². The third kappa shape index (κ3) is 9.98. The molecule has 2 aromatic carbocycles. The first-order chi connectivity index (χ1) is 25.6. The summed E-state index contributed by atoms with van der Waals surface area (Å²) >= 11 is 0. The normalized spacial score (nSPS) is 18.8. The first-order valence-electron chi connectivity index (χ1n) is 18.4. The van der Waals surface area contributed by atoms with E-state index in [0.717, 1.165) is 74.2 Å². The molecule has 16 heteroatoms. The number of ether oxygens (including phenoxy) is 2. The number of carbonyl (C=O) groups is 2. The van der Waals surface area contributed by atoms with Gasteiger partial charge in [0.05, 0.1) is 38.6 Å². The van der Waals surface area contributed by atoms with Crippen molar-refractivity contribution in [2.24, 2.45) is 11.8 Å². The minimum absolute atomic E-state index is 0. The van der Waals surface area contributed by atoms with E-state index in [1.54, 1.807) is 17.0 Å². The highest BCUT2D eigenvalue weighted by molar-refractivity contribution is 5.96. The fourth-order valence-electron chi connectivity index (χ4n) is 7.43. The number of fused-ring (bicyclic) bond motifs is 1. The van der Waals surface area contributed by atoms with Crippen LogP contribution in [0.5, 0.6) is 5.75 Å². The van der Waals surface area contributed by atoms with E-state index in [0.29, 0.717) is 47.5 Å². The van der Waals surface area contributed by atoms with Gasteiger partial charge in [-0.05, 0) is 88.3 Å². The van der Waals surface area contributed by atoms with E-state index in [2.05, 4.69) is 32.4 Å². The van der Waals surface area contributed by atoms with E-state index in [1.165, 1.54) is 23.0 Å². The van der Waals surface area contributed by atoms with Gasteiger partial charge in [-0.1, -0.05) is 6.92 Å². The van der Waals surface area contributed by atoms with Crippen molar-refractivity contribution in [1.82, 2.24) is 24.6 Å². The third-order valence-electron chi connectivity index (χ3n) is 10.3. The standard InChI is InChI=1S/C39H47F4N7O4.HI/c1-6-26-19-27(47-34-35-46-20-30(49(35)16-15-44-34)29-9-10-31(53-37(42)43)33(41)32(29)40)7-8-28(26)36(51)45-14-11-24-12-17-50(5,18-13-24)23-25-21-48(22-25)38(52)54-39(2,3)4;/h7-10,15-16,19-20,24-25,37H,6,11-14,17-18,21-23H2,1-5H3,(H-,44,45,47,51);1H. The fraction of sp³-hybridized carbons (Fsp3) is 0.487. The number of hydrogen-bond acceptors (Lipinski definition) is 7. The van der Waals surface area contributed by atoms with Crippen molar-refractivity contribution in [3.63, 3.8) is 0 Å². The molecule has 11 nitrogen and oxygen atoms in total. The number of anilines is 2. The molecule has 55 heavy (non-hydrogen) atoms. The Morgan fingerprint density at radius 1 is 1.04 bits per heavy atom. The molecule has 2 fully saturated rings. The number of amides is 2. The summed E-state index contributed by atoms with van der Waals surface area (Å²) in [6, 6.07) is 7.50. The molecule has 6 rings (SSSR count). The van der Waals surface area contributed by atoms with Crippen molar-refractivity contribution < 1.29 is 65.1 Å². The molecule has 0 aliphatic carbocycles. The van der Waals surface area contributed by atoms with Gasteiger partial charge >= 0.3 is 12.7 Å². The van der Waals surface area contributed by atoms with Crippen LogP contribution in [0.15, 0.2) is 48.9 Å². The summed E-state index contributed by atoms with van der Waals surface area (Å²) < 4.78 is 66.7. The van der Waals surface area contributed by atoms with Gasteiger partial charge in [0.25, 0.3) is 5.91 Å². The van der Waals surface area contributed by atoms with Crippen LogP contribution in [0.4, 0.5) is 33.9 Å². The van der Waals surface area contributed by atoms with Crippen LogP contribution in [0, 0.1) is 23.5 Å². The number of nitrogens with one attached hydrogen (secondary N) is 2. The first kappa shape index (κ1) is 42.0. The molecule has 2 aromatic heterocycles. The Hall–Kier alpha value is -4.19. The van der Waals surface area contributed by atoms with E-state index in [9.17, 15) is 27.2 Å². The summed E-state index contributed by atoms with van der Waals surface area (Å²) in [5.74, 6) is -2.54. The lowest BCUT2D eigenvalue weighted by atomic mass is 9.90. The van der Waals surface area contributed by atoms with Crippen LogP contribution in [0.1, 0.15) is 62.9 Å². The molecule has 2 N–H and O–H groups in total. The van der Waals surface area contributed by atoms with Crippen molar-refractivity contribution in [2.75, 3.05) is 51.6 Å². The van der Waals surface area contributed by atoms with Gasteiger partial charge < -0.3 is 53.5 Å². The third-order valence-corrected chi connectivity index (χ3v) is 10.3. The monoisotopic (exact) mass is 881 g/mol. The molecule has 2 aliphatic heterocycles. The number of carbonyl (C=O) groups excluding carboxylic acids is 2. The van der Waals surface area contributed by atoms with E-state index in [4.69, 9.17) is 4.74 Å². The average Bonchev–Trinajstić information content (AvgIpc) is 3.53. The van der Waals surface area contributed by atoms with Gasteiger partial charge in [0.15, 0.2) is 23.0 Å². The largest absolute Gasteiger partial charge is 1.00 e. The SMILES string of the molecule is CCc1cc(Nc2nccn3c(-c4ccc(OC(F)F)c(F)c4F)cnc23)ccc1C(=O)NCCC1CC[N+](C)(CC2CN(C(=O)OC(C)(C)C)C2)CC1.[I-]. The van der Waals surface area contributed by atoms with Crippen LogP contribution in [0.3, 0.4) is 0 Å². The minimum atomic E-state index is -3.30. The molecule has 4 heterocycles. The molecule has 4 aromatic rings. The Morgan fingerprint density at radius 2 is 1.76 bits per heavy atom. The number of quaternary nitrogens is 1. The quantitative estimate of drug-likeness (QED) is 0.123. The molecule has 0 bridgehead atoms. The summed E-state index contributed by atoms with van der Waals surface area (Å²) in [5.41, 5.74) is 1.89. The molecule has 0 unspecified atom stereocenters. The van der Waals surface area contributed by atoms with Crippen molar-refractivity contribution in [3.05, 3.63) is 71.7 Å². The zero-order valence-electron chi connectivity index (χ0n) is 31.7. The number of aryl methyl sites for hydroxylation is 1. The number of nitrogens with zero attached hydrogens (tertiary/aromatic N) is 5. The van der Waals surface area contributed by atoms with Crippen molar-refractivity contribution in [2.45, 2.75) is 65.6 Å². The highest BCUT2D eigenvalue weighted by Crippen LogP contribution is 2.33. The summed E-state index contributed by atoms with van der Waals surface area (Å²) in [5, 5.41) is 6.33. The molecular formula is C39H48F4IN7O4. The molecule has 298 valence electrons. The number of imidazole rings is 1. The maximum absolute atomic E-state index is 14.9. The van der Waals surface area contributed by atoms with Crippen LogP contribution >= 0.6 is 0 Å². The summed E-state index contributed by atoms with van der Waals surface area (Å²) in [7, 11) is 2.31. The zero-order chi connectivity index (χ0) is 38.8. The molecular weight excluding hydrogens is 833 g/mol. The predicted molar refractivity (Wildman–Crippen MR) is 196 cm³/mol. The van der Waals surface area contributed by atoms with Crippen LogP contribution in [-0.4, -0.2) is 94.3 Å². The van der Waals surface area contributed by atoms with E-state index >= 15 is 0 Å². The number of aromatic nitrogens is 3. The molecule has 0 saturated carbocycles. The summed E-state index contributed by atoms with van der Waals surface area (Å²) in [4.78, 5) is 36.1. The van der Waals surface area contributed by atoms with E-state index in [1.807, 2.05) is 33.8 Å². The number of alkyl halides is 2. The maximum atomic E-state index is 14.9. The number of hydrogen-bond donors (Lipinski definition) is 2. The van der Waals surface area contributed by atoms with Crippen LogP contribution in [-0.2, 0) is 11.2 Å². The summed E-state index contributed by atoms with van der Waals surface area (Å²) in [6.07, 6.45) is 7.81. The lowest BCUT2D eigenvalue weighted by Crippen LogP contribution is -3.00. The predicted octanol–water partition coefficient (Wildman–Crippen LogP) is 4.43. The summed E-state index contributed by atoms with van der Waals surface area (Å²) in [6.45, 7) is 9.63. The van der Waals surface area contributed by atoms with Crippen molar-refractivity contribution in [1.29, 1.82) is 0 Å². The Labute approximate surface area is 335 Å². The Morgan fingerprint density at radius 3 is 2.44 bits per heavy atom. The minimum Gasteiger partial charge on any atom is -1.00 e. The van der Waals surface area contributed by atoms with E-state index < -0.39 is 29.6 Å². The number of piperidine rings is 1. The van der Waals surface area contributed by atoms with Gasteiger partial charge in [0.1, 0.15) is 5.60 Å². The first-order valence-corrected chi connectivity index (χ1v) is 18.4. The number of halogens is 5. The second kappa shape index (κ2) is 17.3.